The molecule has 1 aliphatic rings. The molecule has 1 aromatic carbocycles. The number of aromatic nitrogens is 2. The van der Waals surface area contributed by atoms with E-state index in [2.05, 4.69) is 52.2 Å². The smallest absolute Gasteiger partial charge is 0.210 e. The summed E-state index contributed by atoms with van der Waals surface area (Å²) in [6.45, 7) is 6.26. The number of benzene rings is 1. The molecule has 4 heteroatoms. The van der Waals surface area contributed by atoms with Gasteiger partial charge in [0, 0.05) is 31.5 Å². The normalized spacial score (nSPS) is 16.4. The van der Waals surface area contributed by atoms with Gasteiger partial charge in [-0.2, -0.15) is 0 Å². The van der Waals surface area contributed by atoms with Crippen LogP contribution in [0.3, 0.4) is 0 Å². The fourth-order valence-corrected chi connectivity index (χ4v) is 2.53. The third kappa shape index (κ3) is 2.63. The monoisotopic (exact) mass is 256 g/mol. The molecule has 0 unspecified atom stereocenters. The van der Waals surface area contributed by atoms with Crippen molar-refractivity contribution in [3.05, 3.63) is 42.2 Å². The average molecular weight is 256 g/mol. The predicted molar refractivity (Wildman–Crippen MR) is 78.0 cm³/mol. The van der Waals surface area contributed by atoms with Gasteiger partial charge in [-0.05, 0) is 32.0 Å². The van der Waals surface area contributed by atoms with Crippen LogP contribution in [0.25, 0.3) is 5.69 Å². The van der Waals surface area contributed by atoms with Gasteiger partial charge in [0.1, 0.15) is 0 Å². The molecule has 1 saturated heterocycles. The fourth-order valence-electron chi connectivity index (χ4n) is 2.53. The Morgan fingerprint density at radius 2 is 1.95 bits per heavy atom. The highest BCUT2D eigenvalue weighted by Crippen LogP contribution is 2.20. The molecule has 0 radical (unpaired) electrons. The van der Waals surface area contributed by atoms with Gasteiger partial charge in [-0.1, -0.05) is 18.2 Å². The van der Waals surface area contributed by atoms with Gasteiger partial charge < -0.3 is 10.2 Å². The fraction of sp³-hybridized carbons (Fsp3) is 0.400. The van der Waals surface area contributed by atoms with Crippen molar-refractivity contribution in [3.63, 3.8) is 0 Å². The van der Waals surface area contributed by atoms with E-state index < -0.39 is 0 Å². The third-order valence-corrected chi connectivity index (χ3v) is 3.47. The SMILES string of the molecule is Cc1cn(-c2ccccc2)c(N2CCCNCC2)n1. The summed E-state index contributed by atoms with van der Waals surface area (Å²) in [6.07, 6.45) is 3.28. The Bertz CT molecular complexity index is 524. The van der Waals surface area contributed by atoms with E-state index in [-0.39, 0.29) is 0 Å². The summed E-state index contributed by atoms with van der Waals surface area (Å²) in [4.78, 5) is 7.09. The largest absolute Gasteiger partial charge is 0.341 e. The first-order valence-corrected chi connectivity index (χ1v) is 6.92. The van der Waals surface area contributed by atoms with Crippen LogP contribution >= 0.6 is 0 Å². The second kappa shape index (κ2) is 5.45. The first kappa shape index (κ1) is 12.2. The number of hydrogen-bond acceptors (Lipinski definition) is 3. The molecular formula is C15H20N4. The van der Waals surface area contributed by atoms with Crippen molar-refractivity contribution in [2.75, 3.05) is 31.1 Å². The summed E-state index contributed by atoms with van der Waals surface area (Å²) >= 11 is 0. The van der Waals surface area contributed by atoms with Crippen LogP contribution in [0.5, 0.6) is 0 Å². The number of anilines is 1. The van der Waals surface area contributed by atoms with E-state index in [1.807, 2.05) is 6.07 Å². The zero-order valence-corrected chi connectivity index (χ0v) is 11.3. The number of nitrogens with one attached hydrogen (secondary N) is 1. The minimum atomic E-state index is 1.02. The van der Waals surface area contributed by atoms with Gasteiger partial charge in [0.25, 0.3) is 0 Å². The maximum Gasteiger partial charge on any atom is 0.210 e. The topological polar surface area (TPSA) is 33.1 Å². The summed E-state index contributed by atoms with van der Waals surface area (Å²) in [7, 11) is 0. The highest BCUT2D eigenvalue weighted by molar-refractivity contribution is 5.45. The zero-order chi connectivity index (χ0) is 13.1. The molecule has 0 aliphatic carbocycles. The van der Waals surface area contributed by atoms with Gasteiger partial charge in [-0.15, -0.1) is 0 Å². The highest BCUT2D eigenvalue weighted by atomic mass is 15.3. The Hall–Kier alpha value is -1.81. The van der Waals surface area contributed by atoms with Gasteiger partial charge in [0.2, 0.25) is 5.95 Å². The molecule has 1 aliphatic heterocycles. The molecule has 3 rings (SSSR count). The average Bonchev–Trinajstić information content (AvgIpc) is 2.66. The molecule has 1 fully saturated rings. The Kier molecular flexibility index (Phi) is 3.51. The molecule has 100 valence electrons. The van der Waals surface area contributed by atoms with Gasteiger partial charge in [0.05, 0.1) is 5.69 Å². The van der Waals surface area contributed by atoms with Crippen LogP contribution in [0, 0.1) is 6.92 Å². The first-order chi connectivity index (χ1) is 9.34. The van der Waals surface area contributed by atoms with Crippen molar-refractivity contribution in [3.8, 4) is 5.69 Å². The summed E-state index contributed by atoms with van der Waals surface area (Å²) < 4.78 is 2.20. The summed E-state index contributed by atoms with van der Waals surface area (Å²) in [5.74, 6) is 1.06. The summed E-state index contributed by atoms with van der Waals surface area (Å²) in [5.41, 5.74) is 2.24. The standard InChI is InChI=1S/C15H20N4/c1-13-12-19(14-6-3-2-4-7-14)15(17-13)18-10-5-8-16-9-11-18/h2-4,6-7,12,16H,5,8-11H2,1H3. The van der Waals surface area contributed by atoms with Crippen LogP contribution in [0.2, 0.25) is 0 Å². The molecule has 0 saturated carbocycles. The molecule has 0 amide bonds. The van der Waals surface area contributed by atoms with Crippen LogP contribution in [-0.2, 0) is 0 Å². The quantitative estimate of drug-likeness (QED) is 0.892. The predicted octanol–water partition coefficient (Wildman–Crippen LogP) is 1.98. The molecule has 19 heavy (non-hydrogen) atoms. The Morgan fingerprint density at radius 3 is 2.79 bits per heavy atom. The van der Waals surface area contributed by atoms with E-state index in [1.54, 1.807) is 0 Å². The maximum atomic E-state index is 4.71. The maximum absolute atomic E-state index is 4.71. The van der Waals surface area contributed by atoms with Gasteiger partial charge >= 0.3 is 0 Å². The van der Waals surface area contributed by atoms with Crippen LogP contribution in [0.1, 0.15) is 12.1 Å². The Morgan fingerprint density at radius 1 is 1.11 bits per heavy atom. The van der Waals surface area contributed by atoms with Gasteiger partial charge in [-0.3, -0.25) is 4.57 Å². The van der Waals surface area contributed by atoms with Crippen LogP contribution < -0.4 is 10.2 Å². The lowest BCUT2D eigenvalue weighted by Gasteiger charge is -2.22. The molecule has 0 bridgehead atoms. The van der Waals surface area contributed by atoms with Crippen LogP contribution in [-0.4, -0.2) is 35.7 Å². The lowest BCUT2D eigenvalue weighted by Crippen LogP contribution is -2.30. The van der Waals surface area contributed by atoms with Crippen molar-refractivity contribution in [2.24, 2.45) is 0 Å². The second-order valence-electron chi connectivity index (χ2n) is 4.98. The lowest BCUT2D eigenvalue weighted by atomic mass is 10.3. The molecular weight excluding hydrogens is 236 g/mol. The van der Waals surface area contributed by atoms with E-state index in [0.717, 1.165) is 37.8 Å². The van der Waals surface area contributed by atoms with Crippen molar-refractivity contribution >= 4 is 5.95 Å². The number of rotatable bonds is 2. The Balaban J connectivity index is 1.97. The van der Waals surface area contributed by atoms with Crippen molar-refractivity contribution in [2.45, 2.75) is 13.3 Å². The van der Waals surface area contributed by atoms with Gasteiger partial charge in [0.15, 0.2) is 0 Å². The first-order valence-electron chi connectivity index (χ1n) is 6.92. The zero-order valence-electron chi connectivity index (χ0n) is 11.3. The molecule has 0 spiro atoms. The number of imidazole rings is 1. The molecule has 2 heterocycles. The van der Waals surface area contributed by atoms with Crippen LogP contribution in [0.15, 0.2) is 36.5 Å². The summed E-state index contributed by atoms with van der Waals surface area (Å²) in [6, 6.07) is 10.4. The highest BCUT2D eigenvalue weighted by Gasteiger charge is 2.16. The Labute approximate surface area is 114 Å². The summed E-state index contributed by atoms with van der Waals surface area (Å²) in [5, 5.41) is 3.43. The molecule has 4 nitrogen and oxygen atoms in total. The number of aryl methyl sites for hydroxylation is 1. The second-order valence-corrected chi connectivity index (χ2v) is 4.98. The van der Waals surface area contributed by atoms with Crippen LogP contribution in [0.4, 0.5) is 5.95 Å². The van der Waals surface area contributed by atoms with Crippen molar-refractivity contribution in [1.29, 1.82) is 0 Å². The molecule has 1 aromatic heterocycles. The van der Waals surface area contributed by atoms with Gasteiger partial charge in [-0.25, -0.2) is 4.98 Å². The molecule has 0 atom stereocenters. The number of para-hydroxylation sites is 1. The van der Waals surface area contributed by atoms with E-state index in [4.69, 9.17) is 4.98 Å². The van der Waals surface area contributed by atoms with Crippen molar-refractivity contribution < 1.29 is 0 Å². The van der Waals surface area contributed by atoms with E-state index in [9.17, 15) is 0 Å². The number of hydrogen-bond donors (Lipinski definition) is 1. The van der Waals surface area contributed by atoms with Crippen molar-refractivity contribution in [1.82, 2.24) is 14.9 Å². The third-order valence-electron chi connectivity index (χ3n) is 3.47. The minimum absolute atomic E-state index is 1.02. The van der Waals surface area contributed by atoms with E-state index in [1.165, 1.54) is 12.1 Å². The van der Waals surface area contributed by atoms with E-state index >= 15 is 0 Å². The number of nitrogens with zero attached hydrogens (tertiary/aromatic N) is 3. The minimum Gasteiger partial charge on any atom is -0.341 e. The molecule has 1 N–H and O–H groups in total. The lowest BCUT2D eigenvalue weighted by molar-refractivity contribution is 0.724. The molecule has 2 aromatic rings. The van der Waals surface area contributed by atoms with E-state index in [0.29, 0.717) is 0 Å².